The molecule has 17 heavy (non-hydrogen) atoms. The number of nitrogens with zero attached hydrogens (tertiary/aromatic N) is 1. The molecule has 0 radical (unpaired) electrons. The molecule has 0 aliphatic carbocycles. The summed E-state index contributed by atoms with van der Waals surface area (Å²) >= 11 is 6.12. The van der Waals surface area contributed by atoms with Gasteiger partial charge in [0.05, 0.1) is 13.2 Å². The smallest absolute Gasteiger partial charge is 0.142 e. The molecule has 0 saturated carbocycles. The maximum Gasteiger partial charge on any atom is 0.142 e. The van der Waals surface area contributed by atoms with Gasteiger partial charge in [0.15, 0.2) is 0 Å². The van der Waals surface area contributed by atoms with Gasteiger partial charge in [-0.3, -0.25) is 4.98 Å². The Morgan fingerprint density at radius 2 is 2.00 bits per heavy atom. The average molecular weight is 249 g/mol. The third-order valence-electron chi connectivity index (χ3n) is 2.55. The van der Waals surface area contributed by atoms with Crippen molar-refractivity contribution >= 4 is 11.6 Å². The molecule has 0 saturated heterocycles. The molecule has 1 aromatic heterocycles. The fourth-order valence-corrected chi connectivity index (χ4v) is 1.94. The highest BCUT2D eigenvalue weighted by atomic mass is 35.5. The van der Waals surface area contributed by atoms with E-state index in [1.807, 2.05) is 36.4 Å². The topological polar surface area (TPSA) is 48.1 Å². The number of benzene rings is 1. The Morgan fingerprint density at radius 3 is 2.71 bits per heavy atom. The Hall–Kier alpha value is -1.58. The highest BCUT2D eigenvalue weighted by Crippen LogP contribution is 2.29. The first kappa shape index (κ1) is 11.9. The molecule has 0 amide bonds. The van der Waals surface area contributed by atoms with E-state index in [4.69, 9.17) is 22.1 Å². The molecule has 1 heterocycles. The molecule has 4 heteroatoms. The van der Waals surface area contributed by atoms with Crippen LogP contribution in [0.5, 0.6) is 5.75 Å². The van der Waals surface area contributed by atoms with E-state index in [2.05, 4.69) is 4.98 Å². The first-order chi connectivity index (χ1) is 8.24. The molecule has 1 aromatic carbocycles. The molecular formula is C13H13ClN2O. The monoisotopic (exact) mass is 248 g/mol. The molecule has 0 bridgehead atoms. The molecule has 88 valence electrons. The Balaban J connectivity index is 2.44. The second-order valence-electron chi connectivity index (χ2n) is 3.59. The molecular weight excluding hydrogens is 236 g/mol. The van der Waals surface area contributed by atoms with Crippen LogP contribution in [0.2, 0.25) is 5.02 Å². The van der Waals surface area contributed by atoms with E-state index in [0.29, 0.717) is 16.5 Å². The van der Waals surface area contributed by atoms with Crippen molar-refractivity contribution in [2.24, 2.45) is 5.73 Å². The van der Waals surface area contributed by atoms with Crippen LogP contribution in [-0.4, -0.2) is 12.1 Å². The van der Waals surface area contributed by atoms with Gasteiger partial charge in [0.25, 0.3) is 0 Å². The summed E-state index contributed by atoms with van der Waals surface area (Å²) in [7, 11) is 1.60. The highest BCUT2D eigenvalue weighted by Gasteiger charge is 2.17. The van der Waals surface area contributed by atoms with E-state index in [0.717, 1.165) is 5.56 Å². The number of hydrogen-bond acceptors (Lipinski definition) is 3. The van der Waals surface area contributed by atoms with Gasteiger partial charge in [-0.15, -0.1) is 0 Å². The first-order valence-electron chi connectivity index (χ1n) is 5.23. The summed E-state index contributed by atoms with van der Waals surface area (Å²) in [4.78, 5) is 4.26. The van der Waals surface area contributed by atoms with E-state index in [1.54, 1.807) is 13.3 Å². The number of methoxy groups -OCH3 is 1. The number of hydrogen-bond donors (Lipinski definition) is 1. The molecule has 2 rings (SSSR count). The van der Waals surface area contributed by atoms with Gasteiger partial charge in [-0.05, 0) is 23.8 Å². The zero-order valence-electron chi connectivity index (χ0n) is 9.43. The number of nitrogens with two attached hydrogens (primary N) is 1. The van der Waals surface area contributed by atoms with Crippen molar-refractivity contribution in [2.75, 3.05) is 7.11 Å². The summed E-state index contributed by atoms with van der Waals surface area (Å²) in [6, 6.07) is 10.7. The molecule has 0 fully saturated rings. The SMILES string of the molecule is COc1cccnc1C(N)c1ccccc1Cl. The van der Waals surface area contributed by atoms with E-state index in [1.165, 1.54) is 0 Å². The van der Waals surface area contributed by atoms with Crippen LogP contribution in [0.15, 0.2) is 42.6 Å². The molecule has 1 atom stereocenters. The van der Waals surface area contributed by atoms with Crippen LogP contribution < -0.4 is 10.5 Å². The highest BCUT2D eigenvalue weighted by molar-refractivity contribution is 6.31. The van der Waals surface area contributed by atoms with E-state index < -0.39 is 0 Å². The van der Waals surface area contributed by atoms with Crippen molar-refractivity contribution < 1.29 is 4.74 Å². The van der Waals surface area contributed by atoms with Gasteiger partial charge in [-0.1, -0.05) is 29.8 Å². The molecule has 0 aliphatic heterocycles. The van der Waals surface area contributed by atoms with Crippen molar-refractivity contribution in [1.29, 1.82) is 0 Å². The van der Waals surface area contributed by atoms with Crippen LogP contribution in [0.3, 0.4) is 0 Å². The summed E-state index contributed by atoms with van der Waals surface area (Å²) in [5.74, 6) is 0.667. The zero-order valence-corrected chi connectivity index (χ0v) is 10.2. The molecule has 2 aromatic rings. The van der Waals surface area contributed by atoms with Crippen LogP contribution in [-0.2, 0) is 0 Å². The van der Waals surface area contributed by atoms with Crippen LogP contribution in [0.4, 0.5) is 0 Å². The lowest BCUT2D eigenvalue weighted by atomic mass is 10.0. The summed E-state index contributed by atoms with van der Waals surface area (Å²) in [6.07, 6.45) is 1.69. The van der Waals surface area contributed by atoms with Crippen LogP contribution >= 0.6 is 11.6 Å². The summed E-state index contributed by atoms with van der Waals surface area (Å²) in [6.45, 7) is 0. The Bertz CT molecular complexity index is 516. The minimum Gasteiger partial charge on any atom is -0.495 e. The molecule has 1 unspecified atom stereocenters. The van der Waals surface area contributed by atoms with Gasteiger partial charge in [-0.2, -0.15) is 0 Å². The Labute approximate surface area is 105 Å². The maximum absolute atomic E-state index is 6.17. The Morgan fingerprint density at radius 1 is 1.24 bits per heavy atom. The van der Waals surface area contributed by atoms with Crippen LogP contribution in [0.1, 0.15) is 17.3 Å². The molecule has 0 spiro atoms. The van der Waals surface area contributed by atoms with Gasteiger partial charge >= 0.3 is 0 Å². The summed E-state index contributed by atoms with van der Waals surface area (Å²) in [5, 5.41) is 0.632. The first-order valence-corrected chi connectivity index (χ1v) is 5.60. The van der Waals surface area contributed by atoms with Crippen molar-refractivity contribution in [3.05, 3.63) is 58.9 Å². The number of halogens is 1. The van der Waals surface area contributed by atoms with Crippen molar-refractivity contribution in [3.63, 3.8) is 0 Å². The largest absolute Gasteiger partial charge is 0.495 e. The maximum atomic E-state index is 6.17. The number of pyridine rings is 1. The standard InChI is InChI=1S/C13H13ClN2O/c1-17-11-7-4-8-16-13(11)12(15)9-5-2-3-6-10(9)14/h2-8,12H,15H2,1H3. The third-order valence-corrected chi connectivity index (χ3v) is 2.90. The number of rotatable bonds is 3. The number of ether oxygens (including phenoxy) is 1. The van der Waals surface area contributed by atoms with Gasteiger partial charge < -0.3 is 10.5 Å². The minimum absolute atomic E-state index is 0.389. The lowest BCUT2D eigenvalue weighted by Crippen LogP contribution is -2.15. The van der Waals surface area contributed by atoms with Crippen LogP contribution in [0.25, 0.3) is 0 Å². The fourth-order valence-electron chi connectivity index (χ4n) is 1.68. The average Bonchev–Trinajstić information content (AvgIpc) is 2.38. The van der Waals surface area contributed by atoms with Gasteiger partial charge in [0.1, 0.15) is 11.4 Å². The lowest BCUT2D eigenvalue weighted by Gasteiger charge is -2.15. The van der Waals surface area contributed by atoms with Gasteiger partial charge in [0, 0.05) is 11.2 Å². The Kier molecular flexibility index (Phi) is 3.61. The minimum atomic E-state index is -0.389. The van der Waals surface area contributed by atoms with Crippen LogP contribution in [0, 0.1) is 0 Å². The van der Waals surface area contributed by atoms with Gasteiger partial charge in [-0.25, -0.2) is 0 Å². The van der Waals surface area contributed by atoms with E-state index >= 15 is 0 Å². The second kappa shape index (κ2) is 5.17. The van der Waals surface area contributed by atoms with Crippen molar-refractivity contribution in [2.45, 2.75) is 6.04 Å². The van der Waals surface area contributed by atoms with Crippen molar-refractivity contribution in [1.82, 2.24) is 4.98 Å². The third kappa shape index (κ3) is 2.40. The van der Waals surface area contributed by atoms with E-state index in [-0.39, 0.29) is 6.04 Å². The van der Waals surface area contributed by atoms with E-state index in [9.17, 15) is 0 Å². The predicted octanol–water partition coefficient (Wildman–Crippen LogP) is 2.79. The summed E-state index contributed by atoms with van der Waals surface area (Å²) in [5.41, 5.74) is 7.69. The molecule has 0 aliphatic rings. The number of aromatic nitrogens is 1. The zero-order chi connectivity index (χ0) is 12.3. The molecule has 2 N–H and O–H groups in total. The second-order valence-corrected chi connectivity index (χ2v) is 4.00. The van der Waals surface area contributed by atoms with Gasteiger partial charge in [0.2, 0.25) is 0 Å². The fraction of sp³-hybridized carbons (Fsp3) is 0.154. The normalized spacial score (nSPS) is 12.2. The lowest BCUT2D eigenvalue weighted by molar-refractivity contribution is 0.404. The van der Waals surface area contributed by atoms with Crippen molar-refractivity contribution in [3.8, 4) is 5.75 Å². The molecule has 3 nitrogen and oxygen atoms in total. The summed E-state index contributed by atoms with van der Waals surface area (Å²) < 4.78 is 5.24. The predicted molar refractivity (Wildman–Crippen MR) is 68.3 cm³/mol. The quantitative estimate of drug-likeness (QED) is 0.909.